The molecule has 0 aromatic carbocycles. The number of carbonyl (C=O) groups excluding carboxylic acids is 1. The van der Waals surface area contributed by atoms with Crippen molar-refractivity contribution in [1.82, 2.24) is 0 Å². The number of rotatable bonds is 2. The smallest absolute Gasteiger partial charge is 0.243 e. The second-order valence-electron chi connectivity index (χ2n) is 2.52. The third-order valence-corrected chi connectivity index (χ3v) is 1.46. The van der Waals surface area contributed by atoms with Crippen LogP contribution in [0.2, 0.25) is 0 Å². The lowest BCUT2D eigenvalue weighted by Crippen LogP contribution is -2.66. The Hall–Kier alpha value is -1.16. The molecule has 0 fully saturated rings. The fraction of sp³-hybridized carbons (Fsp3) is 0.800. The molecule has 0 N–H and O–H groups in total. The molecule has 0 aliphatic heterocycles. The van der Waals surface area contributed by atoms with Gasteiger partial charge in [0, 0.05) is 0 Å². The molecule has 1 atom stereocenters. The van der Waals surface area contributed by atoms with E-state index >= 15 is 0 Å². The first-order chi connectivity index (χ1) is 6.69. The van der Waals surface area contributed by atoms with Crippen LogP contribution in [0.15, 0.2) is 0 Å². The van der Waals surface area contributed by atoms with Crippen molar-refractivity contribution in [2.45, 2.75) is 23.9 Å². The Balaban J connectivity index is 5.85. The largest absolute Gasteiger partial charge is 0.457 e. The van der Waals surface area contributed by atoms with E-state index in [1.807, 2.05) is 0 Å². The van der Waals surface area contributed by atoms with Gasteiger partial charge in [0.15, 0.2) is 0 Å². The lowest BCUT2D eigenvalue weighted by molar-refractivity contribution is -0.375. The van der Waals surface area contributed by atoms with Crippen LogP contribution >= 0.6 is 0 Å². The summed E-state index contributed by atoms with van der Waals surface area (Å²) in [6.45, 7) is 0. The van der Waals surface area contributed by atoms with E-state index in [9.17, 15) is 49.4 Å². The van der Waals surface area contributed by atoms with Crippen LogP contribution in [0.25, 0.3) is 0 Å². The minimum absolute atomic E-state index is 4.22. The van der Waals surface area contributed by atoms with Crippen molar-refractivity contribution >= 4 is 5.97 Å². The average molecular weight is 263 g/mol. The zero-order valence-corrected chi connectivity index (χ0v) is 6.72. The van der Waals surface area contributed by atoms with Gasteiger partial charge in [-0.15, -0.1) is 0 Å². The highest BCUT2D eigenvalue weighted by atomic mass is 19.4. The molecule has 2 nitrogen and oxygen atoms in total. The lowest BCUT2D eigenvalue weighted by atomic mass is 9.96. The number of carbonyl (C=O) groups is 1. The molecule has 16 heavy (non-hydrogen) atoms. The summed E-state index contributed by atoms with van der Waals surface area (Å²) in [5.41, 5.74) is -6.84. The molecule has 0 amide bonds. The van der Waals surface area contributed by atoms with E-state index in [1.165, 1.54) is 0 Å². The van der Waals surface area contributed by atoms with E-state index in [2.05, 4.69) is 0 Å². The highest BCUT2D eigenvalue weighted by Gasteiger charge is 2.86. The first kappa shape index (κ1) is 14.8. The SMILES string of the molecule is [O]C(=O)C(F)(C(F)(F)F)C(F)(F)C(F)(F)F. The summed E-state index contributed by atoms with van der Waals surface area (Å²) in [4.78, 5) is 9.58. The average Bonchev–Trinajstić information content (AvgIpc) is 1.97. The van der Waals surface area contributed by atoms with Gasteiger partial charge in [-0.3, -0.25) is 0 Å². The molecule has 0 saturated carbocycles. The molecule has 1 radical (unpaired) electrons. The number of halogens is 9. The van der Waals surface area contributed by atoms with Crippen LogP contribution in [0.3, 0.4) is 0 Å². The maximum atomic E-state index is 12.4. The molecular weight excluding hydrogens is 263 g/mol. The Morgan fingerprint density at radius 2 is 1.00 bits per heavy atom. The van der Waals surface area contributed by atoms with Crippen molar-refractivity contribution in [1.29, 1.82) is 0 Å². The van der Waals surface area contributed by atoms with Gasteiger partial charge < -0.3 is 0 Å². The highest BCUT2D eigenvalue weighted by molar-refractivity contribution is 5.80. The summed E-state index contributed by atoms with van der Waals surface area (Å²) < 4.78 is 106. The second-order valence-corrected chi connectivity index (χ2v) is 2.52. The predicted molar refractivity (Wildman–Crippen MR) is 26.6 cm³/mol. The first-order valence-electron chi connectivity index (χ1n) is 3.11. The minimum atomic E-state index is -7.16. The van der Waals surface area contributed by atoms with Crippen molar-refractivity contribution in [3.8, 4) is 0 Å². The molecule has 0 heterocycles. The minimum Gasteiger partial charge on any atom is -0.243 e. The molecule has 0 saturated heterocycles. The number of hydrogen-bond donors (Lipinski definition) is 0. The van der Waals surface area contributed by atoms with E-state index < -0.39 is 29.9 Å². The normalized spacial score (nSPS) is 18.1. The van der Waals surface area contributed by atoms with Gasteiger partial charge in [0.25, 0.3) is 0 Å². The lowest BCUT2D eigenvalue weighted by Gasteiger charge is -2.31. The fourth-order valence-corrected chi connectivity index (χ4v) is 0.617. The summed E-state index contributed by atoms with van der Waals surface area (Å²) in [5.74, 6) is -11.4. The zero-order valence-electron chi connectivity index (χ0n) is 6.72. The Labute approximate surface area is 80.6 Å². The van der Waals surface area contributed by atoms with Crippen LogP contribution in [0.5, 0.6) is 0 Å². The van der Waals surface area contributed by atoms with Gasteiger partial charge in [-0.25, -0.2) is 14.3 Å². The topological polar surface area (TPSA) is 37.0 Å². The van der Waals surface area contributed by atoms with Crippen LogP contribution in [-0.2, 0) is 9.90 Å². The van der Waals surface area contributed by atoms with E-state index in [0.717, 1.165) is 0 Å². The molecule has 0 rings (SSSR count). The van der Waals surface area contributed by atoms with Gasteiger partial charge in [-0.2, -0.15) is 35.1 Å². The van der Waals surface area contributed by atoms with Crippen LogP contribution in [0.4, 0.5) is 39.5 Å². The molecule has 0 aromatic rings. The summed E-state index contributed by atoms with van der Waals surface area (Å²) in [5, 5.41) is 9.58. The third-order valence-electron chi connectivity index (χ3n) is 1.46. The van der Waals surface area contributed by atoms with Gasteiger partial charge in [0.05, 0.1) is 0 Å². The predicted octanol–water partition coefficient (Wildman–Crippen LogP) is 2.41. The maximum Gasteiger partial charge on any atom is 0.457 e. The fourth-order valence-electron chi connectivity index (χ4n) is 0.617. The summed E-state index contributed by atoms with van der Waals surface area (Å²) in [7, 11) is 0. The monoisotopic (exact) mass is 263 g/mol. The number of alkyl halides is 9. The van der Waals surface area contributed by atoms with Gasteiger partial charge >= 0.3 is 29.9 Å². The Morgan fingerprint density at radius 1 is 0.688 bits per heavy atom. The third kappa shape index (κ3) is 1.78. The maximum absolute atomic E-state index is 12.4. The summed E-state index contributed by atoms with van der Waals surface area (Å²) >= 11 is 0. The van der Waals surface area contributed by atoms with Crippen LogP contribution < -0.4 is 0 Å². The molecule has 0 spiro atoms. The van der Waals surface area contributed by atoms with E-state index in [-0.39, 0.29) is 0 Å². The standard InChI is InChI=1S/C5F9O2/c6-2(1(15)16,4(9,10)11)3(7,8)5(12,13)14. The van der Waals surface area contributed by atoms with Crippen molar-refractivity contribution in [3.63, 3.8) is 0 Å². The molecule has 11 heteroatoms. The van der Waals surface area contributed by atoms with Crippen molar-refractivity contribution in [3.05, 3.63) is 0 Å². The molecule has 0 aliphatic rings. The summed E-state index contributed by atoms with van der Waals surface area (Å²) in [6.07, 6.45) is -14.0. The molecular formula is C5F9O2. The first-order valence-corrected chi connectivity index (χ1v) is 3.11. The van der Waals surface area contributed by atoms with E-state index in [1.54, 1.807) is 0 Å². The molecule has 0 bridgehead atoms. The summed E-state index contributed by atoms with van der Waals surface area (Å²) in [6, 6.07) is 0. The van der Waals surface area contributed by atoms with E-state index in [0.29, 0.717) is 0 Å². The van der Waals surface area contributed by atoms with Gasteiger partial charge in [-0.1, -0.05) is 0 Å². The van der Waals surface area contributed by atoms with Crippen molar-refractivity contribution in [2.75, 3.05) is 0 Å². The Kier molecular flexibility index (Phi) is 3.17. The van der Waals surface area contributed by atoms with Gasteiger partial charge in [-0.05, 0) is 0 Å². The van der Waals surface area contributed by atoms with Crippen molar-refractivity contribution < 1.29 is 49.4 Å². The van der Waals surface area contributed by atoms with Crippen LogP contribution in [0, 0.1) is 0 Å². The van der Waals surface area contributed by atoms with Gasteiger partial charge in [0.2, 0.25) is 0 Å². The molecule has 0 aliphatic carbocycles. The quantitative estimate of drug-likeness (QED) is 0.705. The molecule has 1 unspecified atom stereocenters. The second kappa shape index (κ2) is 3.42. The molecule has 0 aromatic heterocycles. The zero-order chi connectivity index (χ0) is 13.6. The molecule has 95 valence electrons. The Morgan fingerprint density at radius 3 is 1.06 bits per heavy atom. The number of hydrogen-bond acceptors (Lipinski definition) is 1. The van der Waals surface area contributed by atoms with Crippen LogP contribution in [0.1, 0.15) is 0 Å². The Bertz CT molecular complexity index is 289. The van der Waals surface area contributed by atoms with Gasteiger partial charge in [0.1, 0.15) is 0 Å². The van der Waals surface area contributed by atoms with Crippen LogP contribution in [-0.4, -0.2) is 29.9 Å². The highest BCUT2D eigenvalue weighted by Crippen LogP contribution is 2.52. The van der Waals surface area contributed by atoms with Crippen molar-refractivity contribution in [2.24, 2.45) is 0 Å². The van der Waals surface area contributed by atoms with E-state index in [4.69, 9.17) is 0 Å².